The molecule has 0 aliphatic rings. The van der Waals surface area contributed by atoms with E-state index in [1.807, 2.05) is 30.5 Å². The minimum absolute atomic E-state index is 0.670. The lowest BCUT2D eigenvalue weighted by atomic mass is 10.1. The van der Waals surface area contributed by atoms with Crippen LogP contribution in [-0.4, -0.2) is 18.1 Å². The van der Waals surface area contributed by atoms with E-state index < -0.39 is 0 Å². The van der Waals surface area contributed by atoms with Crippen molar-refractivity contribution in [1.82, 2.24) is 10.3 Å². The maximum Gasteiger partial charge on any atom is 0.136 e. The lowest BCUT2D eigenvalue weighted by Crippen LogP contribution is -2.21. The van der Waals surface area contributed by atoms with Crippen molar-refractivity contribution in [2.24, 2.45) is 5.92 Å². The second kappa shape index (κ2) is 7.79. The Hall–Kier alpha value is -1.87. The fourth-order valence-electron chi connectivity index (χ4n) is 2.09. The van der Waals surface area contributed by atoms with Gasteiger partial charge >= 0.3 is 0 Å². The molecule has 2 aromatic rings. The predicted molar refractivity (Wildman–Crippen MR) is 87.9 cm³/mol. The SMILES string of the molecule is CCC(=Cc1ccc(-c2cccnc2)o1)CNCC(C)C. The zero-order valence-corrected chi connectivity index (χ0v) is 13.1. The first-order valence-electron chi connectivity index (χ1n) is 7.59. The monoisotopic (exact) mass is 284 g/mol. The first-order valence-corrected chi connectivity index (χ1v) is 7.59. The lowest BCUT2D eigenvalue weighted by molar-refractivity contribution is 0.563. The zero-order valence-electron chi connectivity index (χ0n) is 13.1. The zero-order chi connectivity index (χ0) is 15.1. The Morgan fingerprint density at radius 3 is 2.86 bits per heavy atom. The standard InChI is InChI=1S/C18H24N2O/c1-4-15(12-20-11-14(2)3)10-17-7-8-18(21-17)16-6-5-9-19-13-16/h5-10,13-14,20H,4,11-12H2,1-3H3. The highest BCUT2D eigenvalue weighted by Gasteiger charge is 2.04. The van der Waals surface area contributed by atoms with Gasteiger partial charge in [-0.1, -0.05) is 26.3 Å². The van der Waals surface area contributed by atoms with E-state index in [2.05, 4.69) is 37.1 Å². The van der Waals surface area contributed by atoms with Crippen molar-refractivity contribution >= 4 is 6.08 Å². The van der Waals surface area contributed by atoms with Gasteiger partial charge in [0.15, 0.2) is 0 Å². The van der Waals surface area contributed by atoms with Gasteiger partial charge in [-0.25, -0.2) is 0 Å². The van der Waals surface area contributed by atoms with Gasteiger partial charge in [-0.3, -0.25) is 4.98 Å². The topological polar surface area (TPSA) is 38.1 Å². The molecule has 2 heterocycles. The summed E-state index contributed by atoms with van der Waals surface area (Å²) in [5.41, 5.74) is 2.36. The quantitative estimate of drug-likeness (QED) is 0.820. The van der Waals surface area contributed by atoms with Crippen LogP contribution in [-0.2, 0) is 0 Å². The third-order valence-electron chi connectivity index (χ3n) is 3.28. The maximum atomic E-state index is 5.89. The third kappa shape index (κ3) is 4.87. The largest absolute Gasteiger partial charge is 0.457 e. The number of aromatic nitrogens is 1. The number of rotatable bonds is 7. The Kier molecular flexibility index (Phi) is 5.76. The van der Waals surface area contributed by atoms with Crippen LogP contribution in [0, 0.1) is 5.92 Å². The highest BCUT2D eigenvalue weighted by Crippen LogP contribution is 2.22. The summed E-state index contributed by atoms with van der Waals surface area (Å²) in [6, 6.07) is 7.93. The van der Waals surface area contributed by atoms with Gasteiger partial charge < -0.3 is 9.73 Å². The molecule has 0 bridgehead atoms. The molecule has 0 fully saturated rings. The van der Waals surface area contributed by atoms with Crippen LogP contribution in [0.3, 0.4) is 0 Å². The molecule has 0 amide bonds. The van der Waals surface area contributed by atoms with Gasteiger partial charge in [0.1, 0.15) is 11.5 Å². The Morgan fingerprint density at radius 2 is 2.19 bits per heavy atom. The summed E-state index contributed by atoms with van der Waals surface area (Å²) >= 11 is 0. The fraction of sp³-hybridized carbons (Fsp3) is 0.389. The summed E-state index contributed by atoms with van der Waals surface area (Å²) in [6.07, 6.45) is 6.74. The van der Waals surface area contributed by atoms with Gasteiger partial charge in [-0.15, -0.1) is 0 Å². The van der Waals surface area contributed by atoms with Crippen LogP contribution >= 0.6 is 0 Å². The van der Waals surface area contributed by atoms with Crippen molar-refractivity contribution in [2.45, 2.75) is 27.2 Å². The van der Waals surface area contributed by atoms with E-state index in [4.69, 9.17) is 4.42 Å². The number of nitrogens with one attached hydrogen (secondary N) is 1. The molecule has 112 valence electrons. The minimum atomic E-state index is 0.670. The second-order valence-electron chi connectivity index (χ2n) is 5.62. The molecule has 0 saturated carbocycles. The van der Waals surface area contributed by atoms with Crippen molar-refractivity contribution in [3.8, 4) is 11.3 Å². The number of hydrogen-bond acceptors (Lipinski definition) is 3. The van der Waals surface area contributed by atoms with E-state index in [0.29, 0.717) is 5.92 Å². The smallest absolute Gasteiger partial charge is 0.136 e. The van der Waals surface area contributed by atoms with Crippen LogP contribution in [0.15, 0.2) is 46.6 Å². The number of pyridine rings is 1. The van der Waals surface area contributed by atoms with E-state index in [0.717, 1.165) is 36.6 Å². The molecule has 3 heteroatoms. The van der Waals surface area contributed by atoms with Gasteiger partial charge in [0.05, 0.1) is 0 Å². The Labute approximate surface area is 127 Å². The van der Waals surface area contributed by atoms with Crippen LogP contribution in [0.4, 0.5) is 0 Å². The molecule has 0 atom stereocenters. The summed E-state index contributed by atoms with van der Waals surface area (Å²) in [7, 11) is 0. The van der Waals surface area contributed by atoms with Crippen LogP contribution in [0.1, 0.15) is 33.0 Å². The minimum Gasteiger partial charge on any atom is -0.457 e. The van der Waals surface area contributed by atoms with Crippen molar-refractivity contribution in [1.29, 1.82) is 0 Å². The molecule has 0 aromatic carbocycles. The van der Waals surface area contributed by atoms with Crippen LogP contribution < -0.4 is 5.32 Å². The average molecular weight is 284 g/mol. The van der Waals surface area contributed by atoms with Gasteiger partial charge in [0.25, 0.3) is 0 Å². The molecule has 0 saturated heterocycles. The highest BCUT2D eigenvalue weighted by atomic mass is 16.3. The molecule has 0 aliphatic heterocycles. The van der Waals surface area contributed by atoms with E-state index in [1.165, 1.54) is 5.57 Å². The van der Waals surface area contributed by atoms with Crippen LogP contribution in [0.5, 0.6) is 0 Å². The van der Waals surface area contributed by atoms with E-state index in [9.17, 15) is 0 Å². The molecule has 0 spiro atoms. The molecule has 2 rings (SSSR count). The number of nitrogens with zero attached hydrogens (tertiary/aromatic N) is 1. The Balaban J connectivity index is 2.04. The molecule has 0 aliphatic carbocycles. The summed E-state index contributed by atoms with van der Waals surface area (Å²) < 4.78 is 5.89. The average Bonchev–Trinajstić information content (AvgIpc) is 2.95. The molecule has 21 heavy (non-hydrogen) atoms. The van der Waals surface area contributed by atoms with E-state index in [-0.39, 0.29) is 0 Å². The summed E-state index contributed by atoms with van der Waals surface area (Å²) in [5, 5.41) is 3.47. The second-order valence-corrected chi connectivity index (χ2v) is 5.62. The van der Waals surface area contributed by atoms with Gasteiger partial charge in [-0.05, 0) is 49.2 Å². The van der Waals surface area contributed by atoms with Crippen LogP contribution in [0.2, 0.25) is 0 Å². The van der Waals surface area contributed by atoms with Crippen molar-refractivity contribution in [3.05, 3.63) is 48.0 Å². The van der Waals surface area contributed by atoms with E-state index >= 15 is 0 Å². The molecule has 1 N–H and O–H groups in total. The van der Waals surface area contributed by atoms with Crippen LogP contribution in [0.25, 0.3) is 17.4 Å². The normalized spacial score (nSPS) is 12.1. The van der Waals surface area contributed by atoms with Crippen molar-refractivity contribution in [2.75, 3.05) is 13.1 Å². The summed E-state index contributed by atoms with van der Waals surface area (Å²) in [6.45, 7) is 8.56. The molecular formula is C18H24N2O. The van der Waals surface area contributed by atoms with Gasteiger partial charge in [0, 0.05) is 24.5 Å². The lowest BCUT2D eigenvalue weighted by Gasteiger charge is -2.08. The predicted octanol–water partition coefficient (Wildman–Crippen LogP) is 4.38. The first-order chi connectivity index (χ1) is 10.2. The molecule has 0 unspecified atom stereocenters. The number of furan rings is 1. The van der Waals surface area contributed by atoms with Gasteiger partial charge in [0.2, 0.25) is 0 Å². The van der Waals surface area contributed by atoms with E-state index in [1.54, 1.807) is 6.20 Å². The third-order valence-corrected chi connectivity index (χ3v) is 3.28. The molecule has 0 radical (unpaired) electrons. The molecule has 3 nitrogen and oxygen atoms in total. The summed E-state index contributed by atoms with van der Waals surface area (Å²) in [5.74, 6) is 2.43. The molecule has 2 aromatic heterocycles. The Morgan fingerprint density at radius 1 is 1.33 bits per heavy atom. The van der Waals surface area contributed by atoms with Gasteiger partial charge in [-0.2, -0.15) is 0 Å². The molecular weight excluding hydrogens is 260 g/mol. The first kappa shape index (κ1) is 15.5. The highest BCUT2D eigenvalue weighted by molar-refractivity contribution is 5.59. The van der Waals surface area contributed by atoms with Crippen molar-refractivity contribution in [3.63, 3.8) is 0 Å². The maximum absolute atomic E-state index is 5.89. The fourth-order valence-corrected chi connectivity index (χ4v) is 2.09. The summed E-state index contributed by atoms with van der Waals surface area (Å²) in [4.78, 5) is 4.12. The van der Waals surface area contributed by atoms with Crippen molar-refractivity contribution < 1.29 is 4.42 Å². The Bertz CT molecular complexity index is 570. The number of hydrogen-bond donors (Lipinski definition) is 1.